The highest BCUT2D eigenvalue weighted by Gasteiger charge is 2.57. The Kier molecular flexibility index (Phi) is 2.45. The minimum Gasteiger partial charge on any atom is -0.468 e. The Morgan fingerprint density at radius 1 is 1.47 bits per heavy atom. The Morgan fingerprint density at radius 2 is 2.20 bits per heavy atom. The zero-order valence-electron chi connectivity index (χ0n) is 8.69. The minimum absolute atomic E-state index is 0.0529. The van der Waals surface area contributed by atoms with Crippen LogP contribution < -0.4 is 5.32 Å². The van der Waals surface area contributed by atoms with E-state index in [4.69, 9.17) is 0 Å². The Balaban J connectivity index is 2.10. The van der Waals surface area contributed by atoms with Crippen LogP contribution in [0.5, 0.6) is 0 Å². The summed E-state index contributed by atoms with van der Waals surface area (Å²) in [7, 11) is 1.29. The molecule has 1 spiro atoms. The van der Waals surface area contributed by atoms with Crippen LogP contribution in [0.3, 0.4) is 0 Å². The van der Waals surface area contributed by atoms with Gasteiger partial charge >= 0.3 is 5.97 Å². The van der Waals surface area contributed by atoms with Crippen molar-refractivity contribution in [1.82, 2.24) is 5.32 Å². The molecule has 0 radical (unpaired) electrons. The zero-order chi connectivity index (χ0) is 11.1. The van der Waals surface area contributed by atoms with Gasteiger partial charge in [0, 0.05) is 24.8 Å². The van der Waals surface area contributed by atoms with Crippen molar-refractivity contribution in [3.05, 3.63) is 0 Å². The van der Waals surface area contributed by atoms with Crippen molar-refractivity contribution in [1.29, 1.82) is 0 Å². The molecule has 1 heterocycles. The maximum atomic E-state index is 13.3. The van der Waals surface area contributed by atoms with Gasteiger partial charge in [-0.3, -0.25) is 4.79 Å². The molecule has 15 heavy (non-hydrogen) atoms. The molecule has 0 aromatic carbocycles. The quantitative estimate of drug-likeness (QED) is 0.676. The maximum Gasteiger partial charge on any atom is 0.323 e. The minimum atomic E-state index is -2.62. The summed E-state index contributed by atoms with van der Waals surface area (Å²) < 4.78 is 31.2. The summed E-state index contributed by atoms with van der Waals surface area (Å²) in [5.74, 6) is -3.04. The second-order valence-corrected chi connectivity index (χ2v) is 4.59. The molecule has 3 nitrogen and oxygen atoms in total. The number of rotatable bonds is 1. The van der Waals surface area contributed by atoms with Crippen LogP contribution in [0.2, 0.25) is 0 Å². The molecular formula is C10H15F2NO2. The summed E-state index contributed by atoms with van der Waals surface area (Å²) >= 11 is 0. The Bertz CT molecular complexity index is 283. The molecule has 0 amide bonds. The van der Waals surface area contributed by atoms with Gasteiger partial charge in [-0.15, -0.1) is 0 Å². The van der Waals surface area contributed by atoms with Crippen LogP contribution in [0, 0.1) is 5.41 Å². The number of hydrogen-bond acceptors (Lipinski definition) is 3. The Morgan fingerprint density at radius 3 is 2.67 bits per heavy atom. The number of methoxy groups -OCH3 is 1. The van der Waals surface area contributed by atoms with Gasteiger partial charge in [-0.1, -0.05) is 0 Å². The first kappa shape index (κ1) is 10.8. The van der Waals surface area contributed by atoms with Gasteiger partial charge in [0.25, 0.3) is 0 Å². The third kappa shape index (κ3) is 1.73. The molecule has 0 unspecified atom stereocenters. The first-order valence-corrected chi connectivity index (χ1v) is 5.18. The van der Waals surface area contributed by atoms with Gasteiger partial charge in [-0.2, -0.15) is 0 Å². The van der Waals surface area contributed by atoms with Crippen molar-refractivity contribution < 1.29 is 18.3 Å². The van der Waals surface area contributed by atoms with Gasteiger partial charge in [0.1, 0.15) is 6.04 Å². The molecule has 2 rings (SSSR count). The van der Waals surface area contributed by atoms with Crippen molar-refractivity contribution in [2.45, 2.75) is 37.6 Å². The van der Waals surface area contributed by atoms with Gasteiger partial charge < -0.3 is 10.1 Å². The van der Waals surface area contributed by atoms with Crippen LogP contribution in [-0.4, -0.2) is 31.6 Å². The molecule has 2 atom stereocenters. The van der Waals surface area contributed by atoms with Crippen LogP contribution in [0.25, 0.3) is 0 Å². The number of halogens is 2. The van der Waals surface area contributed by atoms with E-state index in [9.17, 15) is 13.6 Å². The van der Waals surface area contributed by atoms with Gasteiger partial charge in [-0.05, 0) is 12.8 Å². The molecule has 1 saturated heterocycles. The summed E-state index contributed by atoms with van der Waals surface area (Å²) in [5, 5.41) is 2.89. The second kappa shape index (κ2) is 3.40. The molecule has 1 saturated carbocycles. The third-order valence-electron chi connectivity index (χ3n) is 3.54. The van der Waals surface area contributed by atoms with E-state index in [1.807, 2.05) is 0 Å². The predicted octanol–water partition coefficient (Wildman–Crippen LogP) is 1.33. The van der Waals surface area contributed by atoms with Crippen molar-refractivity contribution in [3.8, 4) is 0 Å². The first-order chi connectivity index (χ1) is 6.99. The highest BCUT2D eigenvalue weighted by Crippen LogP contribution is 2.49. The van der Waals surface area contributed by atoms with Gasteiger partial charge in [0.2, 0.25) is 5.92 Å². The van der Waals surface area contributed by atoms with E-state index in [1.54, 1.807) is 0 Å². The molecule has 5 heteroatoms. The van der Waals surface area contributed by atoms with E-state index < -0.39 is 23.3 Å². The van der Waals surface area contributed by atoms with Crippen LogP contribution >= 0.6 is 0 Å². The maximum absolute atomic E-state index is 13.3. The molecule has 0 bridgehead atoms. The average molecular weight is 219 g/mol. The summed E-state index contributed by atoms with van der Waals surface area (Å²) in [6.07, 6.45) is 0.937. The number of alkyl halides is 2. The summed E-state index contributed by atoms with van der Waals surface area (Å²) in [6.45, 7) is 0.502. The molecule has 1 N–H and O–H groups in total. The van der Waals surface area contributed by atoms with Crippen LogP contribution in [0.15, 0.2) is 0 Å². The number of nitrogens with one attached hydrogen (secondary N) is 1. The molecule has 2 aliphatic rings. The number of carbonyl (C=O) groups excluding carboxylic acids is 1. The fourth-order valence-corrected chi connectivity index (χ4v) is 2.73. The van der Waals surface area contributed by atoms with Crippen molar-refractivity contribution in [2.75, 3.05) is 13.7 Å². The SMILES string of the molecule is COC(=O)[C@@H]1NC[C@]12CCCC(F)(F)C2. The molecule has 1 aliphatic heterocycles. The van der Waals surface area contributed by atoms with Gasteiger partial charge in [0.15, 0.2) is 0 Å². The molecule has 86 valence electrons. The number of esters is 1. The predicted molar refractivity (Wildman–Crippen MR) is 49.7 cm³/mol. The average Bonchev–Trinajstić information content (AvgIpc) is 2.14. The monoisotopic (exact) mass is 219 g/mol. The summed E-state index contributed by atoms with van der Waals surface area (Å²) in [5.41, 5.74) is -0.561. The van der Waals surface area contributed by atoms with E-state index in [0.29, 0.717) is 19.4 Å². The Hall–Kier alpha value is -0.710. The second-order valence-electron chi connectivity index (χ2n) is 4.59. The number of ether oxygens (including phenoxy) is 1. The number of hydrogen-bond donors (Lipinski definition) is 1. The highest BCUT2D eigenvalue weighted by molar-refractivity contribution is 5.78. The lowest BCUT2D eigenvalue weighted by atomic mass is 9.63. The Labute approximate surface area is 87.2 Å². The lowest BCUT2D eigenvalue weighted by Crippen LogP contribution is -2.68. The lowest BCUT2D eigenvalue weighted by Gasteiger charge is -2.52. The van der Waals surface area contributed by atoms with Crippen LogP contribution in [0.1, 0.15) is 25.7 Å². The topological polar surface area (TPSA) is 38.3 Å². The van der Waals surface area contributed by atoms with Gasteiger partial charge in [-0.25, -0.2) is 8.78 Å². The summed E-state index contributed by atoms with van der Waals surface area (Å²) in [6, 6.07) is -0.534. The van der Waals surface area contributed by atoms with Crippen molar-refractivity contribution >= 4 is 5.97 Å². The first-order valence-electron chi connectivity index (χ1n) is 5.18. The zero-order valence-corrected chi connectivity index (χ0v) is 8.69. The van der Waals surface area contributed by atoms with E-state index in [0.717, 1.165) is 0 Å². The number of carbonyl (C=O) groups is 1. The van der Waals surface area contributed by atoms with Crippen molar-refractivity contribution in [3.63, 3.8) is 0 Å². The van der Waals surface area contributed by atoms with E-state index in [-0.39, 0.29) is 12.8 Å². The van der Waals surface area contributed by atoms with Crippen LogP contribution in [-0.2, 0) is 9.53 Å². The van der Waals surface area contributed by atoms with E-state index in [2.05, 4.69) is 10.1 Å². The molecular weight excluding hydrogens is 204 g/mol. The summed E-state index contributed by atoms with van der Waals surface area (Å²) in [4.78, 5) is 11.3. The third-order valence-corrected chi connectivity index (χ3v) is 3.54. The molecule has 0 aromatic heterocycles. The van der Waals surface area contributed by atoms with Crippen LogP contribution in [0.4, 0.5) is 8.78 Å². The molecule has 2 fully saturated rings. The fraction of sp³-hybridized carbons (Fsp3) is 0.900. The molecule has 1 aliphatic carbocycles. The lowest BCUT2D eigenvalue weighted by molar-refractivity contribution is -0.163. The van der Waals surface area contributed by atoms with E-state index >= 15 is 0 Å². The molecule has 0 aromatic rings. The fourth-order valence-electron chi connectivity index (χ4n) is 2.73. The standard InChI is InChI=1S/C10H15F2NO2/c1-15-8(14)7-9(6-13-7)3-2-4-10(11,12)5-9/h7,13H,2-6H2,1H3/t7-,9+/m0/s1. The van der Waals surface area contributed by atoms with Gasteiger partial charge in [0.05, 0.1) is 7.11 Å². The van der Waals surface area contributed by atoms with E-state index in [1.165, 1.54) is 7.11 Å². The largest absolute Gasteiger partial charge is 0.468 e. The normalized spacial score (nSPS) is 38.5. The highest BCUT2D eigenvalue weighted by atomic mass is 19.3. The smallest absolute Gasteiger partial charge is 0.323 e. The van der Waals surface area contributed by atoms with Crippen molar-refractivity contribution in [2.24, 2.45) is 5.41 Å².